The molecule has 0 fully saturated rings. The highest BCUT2D eigenvalue weighted by molar-refractivity contribution is 7.89. The standard InChI is InChI=1S/C12H18ClN3O4S/c1-3-20-12(17)9-6-8(14)7-10(13)11(9)16-4-5-21(18,19)15-2/h6-7,15-16H,3-5,14H2,1-2H3. The predicted octanol–water partition coefficient (Wildman–Crippen LogP) is 1.06. The van der Waals surface area contributed by atoms with Gasteiger partial charge in [-0.1, -0.05) is 11.6 Å². The summed E-state index contributed by atoms with van der Waals surface area (Å²) in [5, 5.41) is 3.05. The molecule has 0 heterocycles. The summed E-state index contributed by atoms with van der Waals surface area (Å²) in [5.41, 5.74) is 6.44. The van der Waals surface area contributed by atoms with Gasteiger partial charge in [-0.2, -0.15) is 0 Å². The Labute approximate surface area is 128 Å². The molecule has 0 saturated carbocycles. The van der Waals surface area contributed by atoms with Crippen molar-refractivity contribution in [2.75, 3.05) is 37.0 Å². The van der Waals surface area contributed by atoms with Gasteiger partial charge in [0.2, 0.25) is 10.0 Å². The first-order valence-corrected chi connectivity index (χ1v) is 8.25. The number of sulfonamides is 1. The lowest BCUT2D eigenvalue weighted by Crippen LogP contribution is -2.26. The number of esters is 1. The topological polar surface area (TPSA) is 111 Å². The van der Waals surface area contributed by atoms with Crippen LogP contribution in [0.25, 0.3) is 0 Å². The van der Waals surface area contributed by atoms with Crippen LogP contribution in [0, 0.1) is 0 Å². The van der Waals surface area contributed by atoms with Gasteiger partial charge in [0.1, 0.15) is 0 Å². The largest absolute Gasteiger partial charge is 0.462 e. The van der Waals surface area contributed by atoms with Crippen LogP contribution in [-0.4, -0.2) is 40.3 Å². The third-order valence-corrected chi connectivity index (χ3v) is 4.25. The molecule has 0 radical (unpaired) electrons. The van der Waals surface area contributed by atoms with E-state index >= 15 is 0 Å². The van der Waals surface area contributed by atoms with E-state index in [9.17, 15) is 13.2 Å². The molecule has 9 heteroatoms. The summed E-state index contributed by atoms with van der Waals surface area (Å²) in [4.78, 5) is 11.9. The van der Waals surface area contributed by atoms with Crippen molar-refractivity contribution in [1.82, 2.24) is 4.72 Å². The highest BCUT2D eigenvalue weighted by atomic mass is 35.5. The van der Waals surface area contributed by atoms with Gasteiger partial charge in [-0.3, -0.25) is 0 Å². The molecule has 1 aromatic carbocycles. The number of nitrogen functional groups attached to an aromatic ring is 1. The van der Waals surface area contributed by atoms with E-state index in [0.717, 1.165) is 0 Å². The molecule has 7 nitrogen and oxygen atoms in total. The molecule has 0 saturated heterocycles. The Morgan fingerprint density at radius 2 is 2.10 bits per heavy atom. The van der Waals surface area contributed by atoms with Crippen molar-refractivity contribution in [3.05, 3.63) is 22.7 Å². The number of anilines is 2. The lowest BCUT2D eigenvalue weighted by Gasteiger charge is -2.14. The van der Waals surface area contributed by atoms with Crippen LogP contribution in [0.1, 0.15) is 17.3 Å². The quantitative estimate of drug-likeness (QED) is 0.507. The Bertz CT molecular complexity index is 619. The third kappa shape index (κ3) is 5.07. The second-order valence-electron chi connectivity index (χ2n) is 4.10. The van der Waals surface area contributed by atoms with Gasteiger partial charge in [0.05, 0.1) is 28.6 Å². The van der Waals surface area contributed by atoms with Crippen LogP contribution in [0.3, 0.4) is 0 Å². The summed E-state index contributed by atoms with van der Waals surface area (Å²) >= 11 is 6.05. The summed E-state index contributed by atoms with van der Waals surface area (Å²) in [6.07, 6.45) is 0. The molecule has 0 aliphatic carbocycles. The summed E-state index contributed by atoms with van der Waals surface area (Å²) in [6, 6.07) is 2.90. The van der Waals surface area contributed by atoms with E-state index in [1.807, 2.05) is 0 Å². The van der Waals surface area contributed by atoms with Crippen LogP contribution in [0.15, 0.2) is 12.1 Å². The Morgan fingerprint density at radius 3 is 2.67 bits per heavy atom. The fraction of sp³-hybridized carbons (Fsp3) is 0.417. The van der Waals surface area contributed by atoms with Gasteiger partial charge in [-0.15, -0.1) is 0 Å². The number of hydrogen-bond donors (Lipinski definition) is 3. The van der Waals surface area contributed by atoms with Crippen LogP contribution in [0.2, 0.25) is 5.02 Å². The molecular formula is C12H18ClN3O4S. The molecule has 0 atom stereocenters. The van der Waals surface area contributed by atoms with Crippen molar-refractivity contribution < 1.29 is 17.9 Å². The first-order valence-electron chi connectivity index (χ1n) is 6.22. The van der Waals surface area contributed by atoms with Gasteiger partial charge in [0.15, 0.2) is 0 Å². The van der Waals surface area contributed by atoms with Crippen LogP contribution in [0.5, 0.6) is 0 Å². The van der Waals surface area contributed by atoms with Crippen molar-refractivity contribution in [1.29, 1.82) is 0 Å². The van der Waals surface area contributed by atoms with E-state index in [-0.39, 0.29) is 29.5 Å². The molecule has 21 heavy (non-hydrogen) atoms. The van der Waals surface area contributed by atoms with Gasteiger partial charge < -0.3 is 15.8 Å². The SMILES string of the molecule is CCOC(=O)c1cc(N)cc(Cl)c1NCCS(=O)(=O)NC. The minimum Gasteiger partial charge on any atom is -0.462 e. The third-order valence-electron chi connectivity index (χ3n) is 2.59. The summed E-state index contributed by atoms with van der Waals surface area (Å²) in [7, 11) is -2.02. The number of halogens is 1. The molecular weight excluding hydrogens is 318 g/mol. The van der Waals surface area contributed by atoms with Crippen LogP contribution in [0.4, 0.5) is 11.4 Å². The van der Waals surface area contributed by atoms with Gasteiger partial charge in [0.25, 0.3) is 0 Å². The average molecular weight is 336 g/mol. The van der Waals surface area contributed by atoms with Crippen LogP contribution in [-0.2, 0) is 14.8 Å². The number of nitrogens with one attached hydrogen (secondary N) is 2. The second-order valence-corrected chi connectivity index (χ2v) is 6.55. The van der Waals surface area contributed by atoms with Gasteiger partial charge >= 0.3 is 5.97 Å². The van der Waals surface area contributed by atoms with Gasteiger partial charge in [-0.25, -0.2) is 17.9 Å². The molecule has 0 aliphatic rings. The molecule has 0 amide bonds. The first kappa shape index (κ1) is 17.5. The Morgan fingerprint density at radius 1 is 1.43 bits per heavy atom. The van der Waals surface area contributed by atoms with Crippen LogP contribution < -0.4 is 15.8 Å². The van der Waals surface area contributed by atoms with Crippen molar-refractivity contribution in [3.63, 3.8) is 0 Å². The zero-order valence-corrected chi connectivity index (χ0v) is 13.3. The van der Waals surface area contributed by atoms with E-state index in [1.54, 1.807) is 6.92 Å². The average Bonchev–Trinajstić information content (AvgIpc) is 2.41. The highest BCUT2D eigenvalue weighted by Crippen LogP contribution is 2.29. The molecule has 1 aromatic rings. The Balaban J connectivity index is 2.97. The Kier molecular flexibility index (Phi) is 6.25. The Hall–Kier alpha value is -1.51. The number of nitrogens with two attached hydrogens (primary N) is 1. The molecule has 1 rings (SSSR count). The number of benzene rings is 1. The zero-order chi connectivity index (χ0) is 16.0. The monoisotopic (exact) mass is 335 g/mol. The first-order chi connectivity index (χ1) is 9.80. The normalized spacial score (nSPS) is 11.2. The highest BCUT2D eigenvalue weighted by Gasteiger charge is 2.17. The maximum atomic E-state index is 11.9. The second kappa shape index (κ2) is 7.48. The smallest absolute Gasteiger partial charge is 0.340 e. The maximum absolute atomic E-state index is 11.9. The number of ether oxygens (including phenoxy) is 1. The zero-order valence-electron chi connectivity index (χ0n) is 11.8. The molecule has 4 N–H and O–H groups in total. The summed E-state index contributed by atoms with van der Waals surface area (Å²) < 4.78 is 29.8. The fourth-order valence-electron chi connectivity index (χ4n) is 1.59. The number of rotatable bonds is 7. The van der Waals surface area contributed by atoms with E-state index < -0.39 is 16.0 Å². The number of carbonyl (C=O) groups is 1. The predicted molar refractivity (Wildman–Crippen MR) is 83.2 cm³/mol. The van der Waals surface area contributed by atoms with Crippen molar-refractivity contribution in [2.24, 2.45) is 0 Å². The van der Waals surface area contributed by atoms with Gasteiger partial charge in [-0.05, 0) is 26.1 Å². The molecule has 0 spiro atoms. The number of hydrogen-bond acceptors (Lipinski definition) is 6. The minimum atomic E-state index is -3.35. The van der Waals surface area contributed by atoms with Crippen molar-refractivity contribution in [2.45, 2.75) is 6.92 Å². The molecule has 0 bridgehead atoms. The molecule has 0 aliphatic heterocycles. The van der Waals surface area contributed by atoms with Crippen LogP contribution >= 0.6 is 11.6 Å². The summed E-state index contributed by atoms with van der Waals surface area (Å²) in [5.74, 6) is -0.738. The summed E-state index contributed by atoms with van der Waals surface area (Å²) in [6.45, 7) is 1.97. The number of carbonyl (C=O) groups excluding carboxylic acids is 1. The fourth-order valence-corrected chi connectivity index (χ4v) is 2.46. The van der Waals surface area contributed by atoms with Crippen molar-refractivity contribution in [3.8, 4) is 0 Å². The van der Waals surface area contributed by atoms with E-state index in [1.165, 1.54) is 19.2 Å². The minimum absolute atomic E-state index is 0.0826. The van der Waals surface area contributed by atoms with E-state index in [2.05, 4.69) is 10.0 Å². The molecule has 118 valence electrons. The lowest BCUT2D eigenvalue weighted by atomic mass is 10.1. The van der Waals surface area contributed by atoms with E-state index in [4.69, 9.17) is 22.1 Å². The molecule has 0 unspecified atom stereocenters. The lowest BCUT2D eigenvalue weighted by molar-refractivity contribution is 0.0527. The van der Waals surface area contributed by atoms with E-state index in [0.29, 0.717) is 11.4 Å². The molecule has 0 aromatic heterocycles. The van der Waals surface area contributed by atoms with Crippen molar-refractivity contribution >= 4 is 39.0 Å². The maximum Gasteiger partial charge on any atom is 0.340 e. The van der Waals surface area contributed by atoms with Gasteiger partial charge in [0, 0.05) is 12.2 Å².